The van der Waals surface area contributed by atoms with Crippen LogP contribution in [-0.4, -0.2) is 33.7 Å². The molecule has 0 aliphatic carbocycles. The SMILES string of the molecule is CCOC(=O)c1cnn(-c2nc(-c3cccc(OC(F)(F)F)c3)cs2)c1C(F)(F)F. The third-order valence-corrected chi connectivity index (χ3v) is 4.39. The number of alkyl halides is 6. The van der Waals surface area contributed by atoms with E-state index in [0.29, 0.717) is 4.68 Å². The summed E-state index contributed by atoms with van der Waals surface area (Å²) >= 11 is 0.759. The predicted octanol–water partition coefficient (Wildman–Crippen LogP) is 5.09. The fraction of sp³-hybridized carbons (Fsp3) is 0.235. The number of carbonyl (C=O) groups is 1. The molecular weight excluding hydrogens is 440 g/mol. The molecule has 0 unspecified atom stereocenters. The van der Waals surface area contributed by atoms with Gasteiger partial charge in [0.15, 0.2) is 5.69 Å². The lowest BCUT2D eigenvalue weighted by Crippen LogP contribution is -2.18. The minimum Gasteiger partial charge on any atom is -0.462 e. The molecule has 0 radical (unpaired) electrons. The third-order valence-electron chi connectivity index (χ3n) is 3.57. The average Bonchev–Trinajstić information content (AvgIpc) is 3.27. The van der Waals surface area contributed by atoms with Crippen molar-refractivity contribution in [3.63, 3.8) is 0 Å². The first-order chi connectivity index (χ1) is 14.0. The lowest BCUT2D eigenvalue weighted by atomic mass is 10.2. The molecule has 0 saturated carbocycles. The molecule has 2 aromatic heterocycles. The van der Waals surface area contributed by atoms with Gasteiger partial charge in [-0.05, 0) is 19.1 Å². The van der Waals surface area contributed by atoms with Gasteiger partial charge in [0.2, 0.25) is 5.13 Å². The highest BCUT2D eigenvalue weighted by atomic mass is 32.1. The third kappa shape index (κ3) is 4.72. The van der Waals surface area contributed by atoms with E-state index in [4.69, 9.17) is 0 Å². The van der Waals surface area contributed by atoms with Crippen LogP contribution in [0.5, 0.6) is 5.75 Å². The Hall–Kier alpha value is -3.09. The zero-order chi connectivity index (χ0) is 22.1. The zero-order valence-electron chi connectivity index (χ0n) is 14.9. The standard InChI is InChI=1S/C17H11F6N3O3S/c1-2-28-14(27)11-7-24-26(13(11)16(18,19)20)15-25-12(8-30-15)9-4-3-5-10(6-9)29-17(21,22)23/h3-8H,2H2,1H3. The number of nitrogens with zero attached hydrogens (tertiary/aromatic N) is 3. The number of esters is 1. The molecule has 0 N–H and O–H groups in total. The van der Waals surface area contributed by atoms with E-state index in [2.05, 4.69) is 19.6 Å². The lowest BCUT2D eigenvalue weighted by Gasteiger charge is -2.10. The van der Waals surface area contributed by atoms with Gasteiger partial charge in [-0.25, -0.2) is 14.5 Å². The van der Waals surface area contributed by atoms with Gasteiger partial charge in [-0.3, -0.25) is 0 Å². The van der Waals surface area contributed by atoms with Crippen molar-refractivity contribution in [1.82, 2.24) is 14.8 Å². The zero-order valence-corrected chi connectivity index (χ0v) is 15.7. The van der Waals surface area contributed by atoms with Crippen molar-refractivity contribution < 1.29 is 40.6 Å². The van der Waals surface area contributed by atoms with Crippen LogP contribution in [0.15, 0.2) is 35.8 Å². The molecule has 0 fully saturated rings. The Labute approximate surface area is 168 Å². The van der Waals surface area contributed by atoms with E-state index in [1.54, 1.807) is 0 Å². The second-order valence-corrected chi connectivity index (χ2v) is 6.46. The smallest absolute Gasteiger partial charge is 0.462 e. The number of hydrogen-bond donors (Lipinski definition) is 0. The number of halogens is 6. The number of rotatable bonds is 5. The van der Waals surface area contributed by atoms with Gasteiger partial charge in [0.1, 0.15) is 11.3 Å². The second kappa shape index (κ2) is 7.97. The first-order valence-electron chi connectivity index (χ1n) is 8.14. The summed E-state index contributed by atoms with van der Waals surface area (Å²) in [5.74, 6) is -1.70. The minimum absolute atomic E-state index is 0.101. The quantitative estimate of drug-likeness (QED) is 0.399. The van der Waals surface area contributed by atoms with Crippen LogP contribution in [0.2, 0.25) is 0 Å². The molecule has 0 amide bonds. The lowest BCUT2D eigenvalue weighted by molar-refractivity contribution is -0.274. The van der Waals surface area contributed by atoms with Gasteiger partial charge in [-0.1, -0.05) is 12.1 Å². The molecule has 160 valence electrons. The van der Waals surface area contributed by atoms with Crippen molar-refractivity contribution in [3.05, 3.63) is 47.1 Å². The molecule has 2 heterocycles. The maximum atomic E-state index is 13.6. The van der Waals surface area contributed by atoms with Crippen molar-refractivity contribution in [2.45, 2.75) is 19.5 Å². The van der Waals surface area contributed by atoms with Crippen LogP contribution in [-0.2, 0) is 10.9 Å². The summed E-state index contributed by atoms with van der Waals surface area (Å²) in [7, 11) is 0. The van der Waals surface area contributed by atoms with Gasteiger partial charge in [0.25, 0.3) is 0 Å². The average molecular weight is 451 g/mol. The molecule has 0 atom stereocenters. The Morgan fingerprint density at radius 3 is 2.57 bits per heavy atom. The Kier molecular flexibility index (Phi) is 5.74. The Bertz CT molecular complexity index is 1060. The number of ether oxygens (including phenoxy) is 2. The van der Waals surface area contributed by atoms with Crippen molar-refractivity contribution in [2.75, 3.05) is 6.61 Å². The van der Waals surface area contributed by atoms with E-state index in [9.17, 15) is 31.1 Å². The summed E-state index contributed by atoms with van der Waals surface area (Å²) in [5, 5.41) is 4.70. The van der Waals surface area contributed by atoms with E-state index in [0.717, 1.165) is 29.7 Å². The maximum absolute atomic E-state index is 13.6. The van der Waals surface area contributed by atoms with E-state index in [1.807, 2.05) is 0 Å². The van der Waals surface area contributed by atoms with E-state index in [-0.39, 0.29) is 23.0 Å². The molecule has 1 aromatic carbocycles. The highest BCUT2D eigenvalue weighted by Gasteiger charge is 2.41. The molecule has 13 heteroatoms. The molecule has 30 heavy (non-hydrogen) atoms. The van der Waals surface area contributed by atoms with Crippen molar-refractivity contribution in [3.8, 4) is 22.1 Å². The van der Waals surface area contributed by atoms with Crippen LogP contribution in [0, 0.1) is 0 Å². The molecule has 0 bridgehead atoms. The highest BCUT2D eigenvalue weighted by Crippen LogP contribution is 2.36. The molecule has 0 saturated heterocycles. The summed E-state index contributed by atoms with van der Waals surface area (Å²) in [5.41, 5.74) is -1.85. The van der Waals surface area contributed by atoms with Gasteiger partial charge in [-0.2, -0.15) is 18.3 Å². The monoisotopic (exact) mass is 451 g/mol. The van der Waals surface area contributed by atoms with Crippen LogP contribution in [0.3, 0.4) is 0 Å². The highest BCUT2D eigenvalue weighted by molar-refractivity contribution is 7.12. The summed E-state index contributed by atoms with van der Waals surface area (Å²) in [6.07, 6.45) is -9.11. The van der Waals surface area contributed by atoms with Crippen LogP contribution in [0.4, 0.5) is 26.3 Å². The van der Waals surface area contributed by atoms with Crippen LogP contribution in [0.25, 0.3) is 16.4 Å². The topological polar surface area (TPSA) is 66.2 Å². The summed E-state index contributed by atoms with van der Waals surface area (Å²) in [4.78, 5) is 15.8. The summed E-state index contributed by atoms with van der Waals surface area (Å²) in [6, 6.07) is 4.82. The van der Waals surface area contributed by atoms with Gasteiger partial charge in [0.05, 0.1) is 18.5 Å². The van der Waals surface area contributed by atoms with Gasteiger partial charge < -0.3 is 9.47 Å². The first-order valence-corrected chi connectivity index (χ1v) is 9.02. The number of benzene rings is 1. The van der Waals surface area contributed by atoms with Gasteiger partial charge >= 0.3 is 18.5 Å². The van der Waals surface area contributed by atoms with Crippen LogP contribution >= 0.6 is 11.3 Å². The second-order valence-electron chi connectivity index (χ2n) is 5.63. The fourth-order valence-corrected chi connectivity index (χ4v) is 3.27. The molecule has 6 nitrogen and oxygen atoms in total. The van der Waals surface area contributed by atoms with E-state index < -0.39 is 35.5 Å². The predicted molar refractivity (Wildman–Crippen MR) is 92.3 cm³/mol. The molecule has 0 aliphatic rings. The van der Waals surface area contributed by atoms with Crippen molar-refractivity contribution >= 4 is 17.3 Å². The summed E-state index contributed by atoms with van der Waals surface area (Å²) in [6.45, 7) is 1.32. The van der Waals surface area contributed by atoms with Gasteiger partial charge in [0, 0.05) is 10.9 Å². The molecule has 3 aromatic rings. The molecule has 0 spiro atoms. The Morgan fingerprint density at radius 1 is 1.20 bits per heavy atom. The molecule has 3 rings (SSSR count). The van der Waals surface area contributed by atoms with Crippen molar-refractivity contribution in [1.29, 1.82) is 0 Å². The maximum Gasteiger partial charge on any atom is 0.573 e. The fourth-order valence-electron chi connectivity index (χ4n) is 2.47. The first kappa shape index (κ1) is 21.6. The van der Waals surface area contributed by atoms with Crippen LogP contribution < -0.4 is 4.74 Å². The van der Waals surface area contributed by atoms with E-state index in [1.165, 1.54) is 24.4 Å². The molecular formula is C17H11F6N3O3S. The summed E-state index contributed by atoms with van der Waals surface area (Å²) < 4.78 is 86.7. The largest absolute Gasteiger partial charge is 0.573 e. The Balaban J connectivity index is 1.99. The number of carbonyl (C=O) groups excluding carboxylic acids is 1. The number of aromatic nitrogens is 3. The number of thiazole rings is 1. The van der Waals surface area contributed by atoms with Gasteiger partial charge in [-0.15, -0.1) is 24.5 Å². The Morgan fingerprint density at radius 2 is 1.93 bits per heavy atom. The number of hydrogen-bond acceptors (Lipinski definition) is 6. The van der Waals surface area contributed by atoms with Crippen LogP contribution in [0.1, 0.15) is 23.0 Å². The normalized spacial score (nSPS) is 12.1. The molecule has 0 aliphatic heterocycles. The van der Waals surface area contributed by atoms with E-state index >= 15 is 0 Å². The minimum atomic E-state index is -4.94. The van der Waals surface area contributed by atoms with Crippen molar-refractivity contribution in [2.24, 2.45) is 0 Å².